The number of pyridine rings is 3. The fourth-order valence-corrected chi connectivity index (χ4v) is 19.6. The molecule has 0 bridgehead atoms. The van der Waals surface area contributed by atoms with Crippen molar-refractivity contribution >= 4 is 212 Å². The van der Waals surface area contributed by atoms with Gasteiger partial charge in [-0.15, -0.1) is 11.3 Å². The zero-order chi connectivity index (χ0) is 71.1. The Morgan fingerprint density at radius 2 is 0.587 bits per heavy atom. The maximum absolute atomic E-state index is 5.21. The first-order chi connectivity index (χ1) is 54.1. The molecule has 0 spiro atoms. The Morgan fingerprint density at radius 3 is 1.19 bits per heavy atom. The highest BCUT2D eigenvalue weighted by atomic mass is 32.1. The molecule has 26 rings (SSSR count). The summed E-state index contributed by atoms with van der Waals surface area (Å²) in [5.74, 6) is 0. The van der Waals surface area contributed by atoms with Gasteiger partial charge in [-0.1, -0.05) is 218 Å². The Morgan fingerprint density at radius 1 is 0.193 bits per heavy atom. The number of imidazole rings is 3. The number of hydrogen-bond donors (Lipinski definition) is 0. The molecule has 10 aromatic heterocycles. The van der Waals surface area contributed by atoms with Crippen LogP contribution in [0.1, 0.15) is 0 Å². The van der Waals surface area contributed by atoms with Crippen LogP contribution in [0.5, 0.6) is 0 Å². The van der Waals surface area contributed by atoms with Gasteiger partial charge in [0, 0.05) is 102 Å². The molecule has 10 heteroatoms. The van der Waals surface area contributed by atoms with Crippen LogP contribution in [0.4, 0.5) is 0 Å². The van der Waals surface area contributed by atoms with Gasteiger partial charge in [0.2, 0.25) is 0 Å². The smallest absolute Gasteiger partial charge is 0.148 e. The lowest BCUT2D eigenvalue weighted by Gasteiger charge is -2.13. The lowest BCUT2D eigenvalue weighted by atomic mass is 9.99. The Kier molecular flexibility index (Phi) is 12.6. The van der Waals surface area contributed by atoms with E-state index in [1.165, 1.54) is 162 Å². The van der Waals surface area contributed by atoms with Gasteiger partial charge in [-0.3, -0.25) is 13.2 Å². The first-order valence-electron chi connectivity index (χ1n) is 37.1. The van der Waals surface area contributed by atoms with Gasteiger partial charge in [-0.2, -0.15) is 0 Å². The van der Waals surface area contributed by atoms with E-state index in [4.69, 9.17) is 15.0 Å². The zero-order valence-corrected chi connectivity index (χ0v) is 59.3. The third kappa shape index (κ3) is 8.51. The van der Waals surface area contributed by atoms with Crippen molar-refractivity contribution in [2.75, 3.05) is 0 Å². The molecule has 9 nitrogen and oxygen atoms in total. The molecule has 0 atom stereocenters. The summed E-state index contributed by atoms with van der Waals surface area (Å²) >= 11 is 1.89. The van der Waals surface area contributed by atoms with Gasteiger partial charge in [0.25, 0.3) is 0 Å². The highest BCUT2D eigenvalue weighted by Crippen LogP contribution is 2.49. The van der Waals surface area contributed by atoms with Gasteiger partial charge in [0.15, 0.2) is 0 Å². The summed E-state index contributed by atoms with van der Waals surface area (Å²) in [6.45, 7) is 0. The maximum Gasteiger partial charge on any atom is 0.148 e. The molecule has 109 heavy (non-hydrogen) atoms. The first-order valence-corrected chi connectivity index (χ1v) is 37.9. The monoisotopic (exact) mass is 1410 g/mol. The minimum absolute atomic E-state index is 1.00. The SMILES string of the molecule is c1ccc(-n2c3ccccc3c3c4c5c(ccc6c7ccccc7sc65)c5nc6ccccc6n5c4ccc32)cc1.c1ccc(-n2c3ccccc3c3cc4c5ccccc5n5c6ccccc6nc5c4cc32)cc1.c1ccc(-n2c3ccccc3c3ccc4c5ccccc5n5c6ccccc6nc5c4c32)cc1. The van der Waals surface area contributed by atoms with E-state index in [-0.39, 0.29) is 0 Å². The van der Waals surface area contributed by atoms with Crippen molar-refractivity contribution < 1.29 is 0 Å². The Labute approximate surface area is 624 Å². The summed E-state index contributed by atoms with van der Waals surface area (Å²) in [6.07, 6.45) is 0. The Bertz CT molecular complexity index is 8360. The standard InChI is InChI=1S/C37H21N3S.2C31H19N3/c1-2-10-22(11-3-1)39-28-15-7-4-13-25(28)33-30(39)20-21-31-35(33)34-26(37-38-27-14-6-8-16-29(27)40(31)37)19-18-24-23-12-5-9-17-32(23)41-36(24)34;1-2-10-20(11-3-1)33-27-15-7-5-13-22(27)24-18-23-21-12-4-8-16-28(21)34-29-17-9-6-14-26(29)32-31(34)25(23)19-30(24)33;1-2-10-20(11-3-1)33-26-15-7-5-13-22(26)24-19-18-23-21-12-4-8-16-27(21)34-28-17-9-6-14-25(28)32-31(34)29(23)30(24)33/h1-21H;2*1-19H. The second-order valence-corrected chi connectivity index (χ2v) is 29.5. The molecule has 0 saturated carbocycles. The second kappa shape index (κ2) is 23.0. The van der Waals surface area contributed by atoms with Crippen molar-refractivity contribution in [2.45, 2.75) is 0 Å². The van der Waals surface area contributed by atoms with Gasteiger partial charge < -0.3 is 13.7 Å². The third-order valence-corrected chi connectivity index (χ3v) is 24.0. The van der Waals surface area contributed by atoms with E-state index in [1.807, 2.05) is 11.3 Å². The van der Waals surface area contributed by atoms with Gasteiger partial charge in [-0.25, -0.2) is 15.0 Å². The fourth-order valence-electron chi connectivity index (χ4n) is 18.3. The van der Waals surface area contributed by atoms with E-state index in [2.05, 4.69) is 385 Å². The summed E-state index contributed by atoms with van der Waals surface area (Å²) < 4.78 is 16.9. The molecule has 0 aliphatic rings. The quantitative estimate of drug-likeness (QED) is 0.166. The number of aromatic nitrogens is 9. The molecular weight excluding hydrogens is 1350 g/mol. The van der Waals surface area contributed by atoms with Crippen LogP contribution in [0.25, 0.3) is 218 Å². The summed E-state index contributed by atoms with van der Waals surface area (Å²) in [6, 6.07) is 128. The topological polar surface area (TPSA) is 66.7 Å². The van der Waals surface area contributed by atoms with Crippen LogP contribution < -0.4 is 0 Å². The predicted molar refractivity (Wildman–Crippen MR) is 459 cm³/mol. The summed E-state index contributed by atoms with van der Waals surface area (Å²) in [5.41, 5.74) is 23.8. The van der Waals surface area contributed by atoms with Gasteiger partial charge in [-0.05, 0) is 150 Å². The Balaban J connectivity index is 0.0000000966. The van der Waals surface area contributed by atoms with Crippen LogP contribution in [0.15, 0.2) is 358 Å². The molecule has 0 N–H and O–H groups in total. The molecule has 26 aromatic rings. The maximum atomic E-state index is 5.21. The van der Waals surface area contributed by atoms with Crippen molar-refractivity contribution in [3.05, 3.63) is 358 Å². The van der Waals surface area contributed by atoms with E-state index in [9.17, 15) is 0 Å². The van der Waals surface area contributed by atoms with E-state index in [0.717, 1.165) is 55.7 Å². The molecule has 0 unspecified atom stereocenters. The number of fused-ring (bicyclic) bond motifs is 39. The second-order valence-electron chi connectivity index (χ2n) is 28.5. The number of hydrogen-bond acceptors (Lipinski definition) is 4. The normalized spacial score (nSPS) is 12.2. The molecule has 506 valence electrons. The molecule has 0 amide bonds. The molecule has 0 fully saturated rings. The van der Waals surface area contributed by atoms with Crippen LogP contribution in [0, 0.1) is 0 Å². The highest BCUT2D eigenvalue weighted by Gasteiger charge is 2.26. The number of thiophene rings is 1. The minimum atomic E-state index is 1.00. The summed E-state index contributed by atoms with van der Waals surface area (Å²) in [5, 5.41) is 21.3. The van der Waals surface area contributed by atoms with Crippen LogP contribution in [0.2, 0.25) is 0 Å². The average Bonchev–Trinajstić information content (AvgIpc) is 1.55. The minimum Gasteiger partial charge on any atom is -0.309 e. The average molecular weight is 1410 g/mol. The van der Waals surface area contributed by atoms with Crippen LogP contribution in [-0.2, 0) is 0 Å². The fraction of sp³-hybridized carbons (Fsp3) is 0. The lowest BCUT2D eigenvalue weighted by Crippen LogP contribution is -1.97. The van der Waals surface area contributed by atoms with Crippen LogP contribution >= 0.6 is 11.3 Å². The van der Waals surface area contributed by atoms with Crippen molar-refractivity contribution in [1.82, 2.24) is 41.9 Å². The Hall–Kier alpha value is -14.5. The van der Waals surface area contributed by atoms with Crippen molar-refractivity contribution in [3.63, 3.8) is 0 Å². The van der Waals surface area contributed by atoms with Crippen molar-refractivity contribution in [1.29, 1.82) is 0 Å². The lowest BCUT2D eigenvalue weighted by molar-refractivity contribution is 1.18. The van der Waals surface area contributed by atoms with Gasteiger partial charge in [0.1, 0.15) is 16.9 Å². The van der Waals surface area contributed by atoms with E-state index >= 15 is 0 Å². The predicted octanol–water partition coefficient (Wildman–Crippen LogP) is 26.0. The van der Waals surface area contributed by atoms with E-state index in [1.54, 1.807) is 0 Å². The van der Waals surface area contributed by atoms with Crippen molar-refractivity contribution in [2.24, 2.45) is 0 Å². The van der Waals surface area contributed by atoms with E-state index in [0.29, 0.717) is 0 Å². The summed E-state index contributed by atoms with van der Waals surface area (Å²) in [4.78, 5) is 15.5. The molecular formula is C99H59N9S. The molecule has 0 aliphatic heterocycles. The molecule has 0 saturated heterocycles. The van der Waals surface area contributed by atoms with Crippen LogP contribution in [-0.4, -0.2) is 41.9 Å². The van der Waals surface area contributed by atoms with Crippen LogP contribution in [0.3, 0.4) is 0 Å². The highest BCUT2D eigenvalue weighted by molar-refractivity contribution is 7.26. The first kappa shape index (κ1) is 59.9. The largest absolute Gasteiger partial charge is 0.309 e. The van der Waals surface area contributed by atoms with Crippen molar-refractivity contribution in [3.8, 4) is 17.1 Å². The summed E-state index contributed by atoms with van der Waals surface area (Å²) in [7, 11) is 0. The van der Waals surface area contributed by atoms with Gasteiger partial charge >= 0.3 is 0 Å². The number of nitrogens with zero attached hydrogens (tertiary/aromatic N) is 9. The third-order valence-electron chi connectivity index (χ3n) is 22.8. The number of benzene rings is 16. The van der Waals surface area contributed by atoms with Gasteiger partial charge in [0.05, 0.1) is 88.1 Å². The zero-order valence-electron chi connectivity index (χ0n) is 58.5. The molecule has 0 aliphatic carbocycles. The number of rotatable bonds is 3. The molecule has 0 radical (unpaired) electrons. The molecule has 10 heterocycles. The van der Waals surface area contributed by atoms with E-state index < -0.39 is 0 Å². The molecule has 16 aromatic carbocycles. The number of para-hydroxylation sites is 14.